The van der Waals surface area contributed by atoms with Gasteiger partial charge in [0, 0.05) is 66.9 Å². The fourth-order valence-corrected chi connectivity index (χ4v) is 4.00. The third-order valence-corrected chi connectivity index (χ3v) is 5.88. The summed E-state index contributed by atoms with van der Waals surface area (Å²) in [5, 5.41) is 9.10. The van der Waals surface area contributed by atoms with Crippen LogP contribution in [0.5, 0.6) is 0 Å². The number of halogens is 1. The molecule has 1 fully saturated rings. The lowest BCUT2D eigenvalue weighted by Gasteiger charge is -2.39. The van der Waals surface area contributed by atoms with Crippen LogP contribution < -0.4 is 5.32 Å². The minimum atomic E-state index is -0.112. The molecule has 0 aliphatic carbocycles. The van der Waals surface area contributed by atoms with E-state index in [1.54, 1.807) is 31.4 Å². The van der Waals surface area contributed by atoms with Crippen molar-refractivity contribution in [3.8, 4) is 0 Å². The molecule has 1 aliphatic heterocycles. The van der Waals surface area contributed by atoms with Crippen LogP contribution in [0.4, 0.5) is 0 Å². The molecule has 0 bridgehead atoms. The molecule has 8 heteroatoms. The Labute approximate surface area is 185 Å². The standard InChI is InChI=1S/C23H25ClN4O3/c1-15-19(22(29)25-9-10-31-2)7-8-21-20(15)14-28(26-21)13-16-11-27(12-16)23(30)17-3-5-18(24)6-4-17/h3-8,14,16H,9-13H2,1-2H3,(H,25,29). The van der Waals surface area contributed by atoms with Crippen LogP contribution in [0.2, 0.25) is 5.02 Å². The maximum absolute atomic E-state index is 12.5. The first kappa shape index (κ1) is 21.3. The van der Waals surface area contributed by atoms with Gasteiger partial charge in [-0.25, -0.2) is 0 Å². The number of fused-ring (bicyclic) bond motifs is 1. The zero-order chi connectivity index (χ0) is 22.0. The molecule has 4 rings (SSSR count). The van der Waals surface area contributed by atoms with Gasteiger partial charge in [0.1, 0.15) is 0 Å². The summed E-state index contributed by atoms with van der Waals surface area (Å²) in [5.41, 5.74) is 3.07. The topological polar surface area (TPSA) is 76.5 Å². The van der Waals surface area contributed by atoms with E-state index in [0.29, 0.717) is 48.3 Å². The molecular formula is C23H25ClN4O3. The highest BCUT2D eigenvalue weighted by Crippen LogP contribution is 2.24. The lowest BCUT2D eigenvalue weighted by molar-refractivity contribution is 0.0462. The summed E-state index contributed by atoms with van der Waals surface area (Å²) < 4.78 is 6.89. The molecular weight excluding hydrogens is 416 g/mol. The molecule has 2 amide bonds. The van der Waals surface area contributed by atoms with Crippen molar-refractivity contribution in [1.82, 2.24) is 20.0 Å². The third kappa shape index (κ3) is 4.57. The van der Waals surface area contributed by atoms with Gasteiger partial charge in [-0.2, -0.15) is 5.10 Å². The maximum Gasteiger partial charge on any atom is 0.253 e. The molecule has 0 saturated carbocycles. The van der Waals surface area contributed by atoms with E-state index >= 15 is 0 Å². The molecule has 31 heavy (non-hydrogen) atoms. The average molecular weight is 441 g/mol. The summed E-state index contributed by atoms with van der Waals surface area (Å²) in [6, 6.07) is 10.7. The van der Waals surface area contributed by atoms with Gasteiger partial charge in [-0.15, -0.1) is 0 Å². The Balaban J connectivity index is 1.38. The molecule has 162 valence electrons. The Hall–Kier alpha value is -2.90. The van der Waals surface area contributed by atoms with Crippen LogP contribution in [0.25, 0.3) is 10.9 Å². The van der Waals surface area contributed by atoms with E-state index in [1.807, 2.05) is 34.8 Å². The highest BCUT2D eigenvalue weighted by Gasteiger charge is 2.31. The molecule has 0 atom stereocenters. The molecule has 2 heterocycles. The summed E-state index contributed by atoms with van der Waals surface area (Å²) in [6.07, 6.45) is 1.99. The van der Waals surface area contributed by atoms with E-state index in [1.165, 1.54) is 0 Å². The van der Waals surface area contributed by atoms with Crippen molar-refractivity contribution >= 4 is 34.3 Å². The molecule has 0 spiro atoms. The first-order chi connectivity index (χ1) is 15.0. The number of nitrogens with one attached hydrogen (secondary N) is 1. The zero-order valence-corrected chi connectivity index (χ0v) is 18.4. The van der Waals surface area contributed by atoms with Gasteiger partial charge in [-0.1, -0.05) is 11.6 Å². The highest BCUT2D eigenvalue weighted by molar-refractivity contribution is 6.30. The van der Waals surface area contributed by atoms with Crippen molar-refractivity contribution in [2.24, 2.45) is 5.92 Å². The lowest BCUT2D eigenvalue weighted by Crippen LogP contribution is -2.51. The molecule has 0 radical (unpaired) electrons. The number of likely N-dealkylation sites (tertiary alicyclic amines) is 1. The van der Waals surface area contributed by atoms with Crippen LogP contribution >= 0.6 is 11.6 Å². The summed E-state index contributed by atoms with van der Waals surface area (Å²) in [5.74, 6) is 0.265. The van der Waals surface area contributed by atoms with E-state index in [-0.39, 0.29) is 11.8 Å². The Morgan fingerprint density at radius 3 is 2.65 bits per heavy atom. The number of aryl methyl sites for hydroxylation is 1. The van der Waals surface area contributed by atoms with Crippen LogP contribution in [-0.4, -0.2) is 59.8 Å². The first-order valence-electron chi connectivity index (χ1n) is 10.2. The van der Waals surface area contributed by atoms with Crippen LogP contribution in [0.15, 0.2) is 42.6 Å². The van der Waals surface area contributed by atoms with E-state index in [0.717, 1.165) is 23.0 Å². The summed E-state index contributed by atoms with van der Waals surface area (Å²) >= 11 is 5.90. The minimum Gasteiger partial charge on any atom is -0.383 e. The number of nitrogens with zero attached hydrogens (tertiary/aromatic N) is 3. The Morgan fingerprint density at radius 1 is 1.19 bits per heavy atom. The number of aromatic nitrogens is 2. The summed E-state index contributed by atoms with van der Waals surface area (Å²) in [4.78, 5) is 26.8. The number of rotatable bonds is 7. The van der Waals surface area contributed by atoms with Gasteiger partial charge in [0.15, 0.2) is 0 Å². The van der Waals surface area contributed by atoms with E-state index in [2.05, 4.69) is 10.4 Å². The van der Waals surface area contributed by atoms with E-state index < -0.39 is 0 Å². The number of amides is 2. The molecule has 7 nitrogen and oxygen atoms in total. The molecule has 2 aromatic carbocycles. The van der Waals surface area contributed by atoms with Crippen LogP contribution in [0.3, 0.4) is 0 Å². The van der Waals surface area contributed by atoms with Crippen LogP contribution in [0.1, 0.15) is 26.3 Å². The second kappa shape index (κ2) is 9.08. The van der Waals surface area contributed by atoms with Crippen LogP contribution in [-0.2, 0) is 11.3 Å². The quantitative estimate of drug-likeness (QED) is 0.572. The number of benzene rings is 2. The van der Waals surface area contributed by atoms with Gasteiger partial charge >= 0.3 is 0 Å². The predicted molar refractivity (Wildman–Crippen MR) is 120 cm³/mol. The number of hydrogen-bond acceptors (Lipinski definition) is 4. The molecule has 1 aromatic heterocycles. The van der Waals surface area contributed by atoms with Crippen molar-refractivity contribution in [2.45, 2.75) is 13.5 Å². The van der Waals surface area contributed by atoms with Gasteiger partial charge in [0.2, 0.25) is 0 Å². The Morgan fingerprint density at radius 2 is 1.94 bits per heavy atom. The number of hydrogen-bond donors (Lipinski definition) is 1. The molecule has 1 aliphatic rings. The summed E-state index contributed by atoms with van der Waals surface area (Å²) in [7, 11) is 1.60. The van der Waals surface area contributed by atoms with Crippen molar-refractivity contribution < 1.29 is 14.3 Å². The SMILES string of the molecule is COCCNC(=O)c1ccc2nn(CC3CN(C(=O)c4ccc(Cl)cc4)C3)cc2c1C. The van der Waals surface area contributed by atoms with E-state index in [9.17, 15) is 9.59 Å². The van der Waals surface area contributed by atoms with Gasteiger partial charge in [0.25, 0.3) is 11.8 Å². The van der Waals surface area contributed by atoms with Gasteiger partial charge in [0.05, 0.1) is 12.1 Å². The van der Waals surface area contributed by atoms with Gasteiger partial charge < -0.3 is 15.0 Å². The normalized spacial score (nSPS) is 14.0. The maximum atomic E-state index is 12.5. The smallest absolute Gasteiger partial charge is 0.253 e. The minimum absolute atomic E-state index is 0.0264. The molecule has 0 unspecified atom stereocenters. The van der Waals surface area contributed by atoms with Crippen molar-refractivity contribution in [1.29, 1.82) is 0 Å². The lowest BCUT2D eigenvalue weighted by atomic mass is 9.99. The zero-order valence-electron chi connectivity index (χ0n) is 17.6. The van der Waals surface area contributed by atoms with Crippen molar-refractivity contribution in [3.63, 3.8) is 0 Å². The number of ether oxygens (including phenoxy) is 1. The largest absolute Gasteiger partial charge is 0.383 e. The predicted octanol–water partition coefficient (Wildman–Crippen LogP) is 3.15. The number of carbonyl (C=O) groups excluding carboxylic acids is 2. The second-order valence-corrected chi connectivity index (χ2v) is 8.29. The van der Waals surface area contributed by atoms with Crippen molar-refractivity contribution in [3.05, 3.63) is 64.3 Å². The number of carbonyl (C=O) groups is 2. The molecule has 1 N–H and O–H groups in total. The van der Waals surface area contributed by atoms with Gasteiger partial charge in [-0.3, -0.25) is 14.3 Å². The average Bonchev–Trinajstić information content (AvgIpc) is 3.14. The summed E-state index contributed by atoms with van der Waals surface area (Å²) in [6.45, 7) is 5.01. The van der Waals surface area contributed by atoms with Crippen molar-refractivity contribution in [2.75, 3.05) is 33.4 Å². The second-order valence-electron chi connectivity index (χ2n) is 7.85. The highest BCUT2D eigenvalue weighted by atomic mass is 35.5. The van der Waals surface area contributed by atoms with Crippen LogP contribution in [0, 0.1) is 12.8 Å². The van der Waals surface area contributed by atoms with E-state index in [4.69, 9.17) is 16.3 Å². The Kier molecular flexibility index (Phi) is 6.25. The number of methoxy groups -OCH3 is 1. The monoisotopic (exact) mass is 440 g/mol. The fraction of sp³-hybridized carbons (Fsp3) is 0.348. The molecule has 1 saturated heterocycles. The Bertz CT molecular complexity index is 1100. The third-order valence-electron chi connectivity index (χ3n) is 5.62. The molecule has 3 aromatic rings. The fourth-order valence-electron chi connectivity index (χ4n) is 3.87. The first-order valence-corrected chi connectivity index (χ1v) is 10.6. The van der Waals surface area contributed by atoms with Gasteiger partial charge in [-0.05, 0) is 48.9 Å².